The number of carbonyl (C=O) groups excluding carboxylic acids is 1. The third-order valence-electron chi connectivity index (χ3n) is 4.16. The molecule has 1 atom stereocenters. The molecule has 0 spiro atoms. The van der Waals surface area contributed by atoms with E-state index in [0.717, 1.165) is 14.7 Å². The molecule has 29 heavy (non-hydrogen) atoms. The molecule has 0 radical (unpaired) electrons. The van der Waals surface area contributed by atoms with Crippen LogP contribution < -0.4 is 15.6 Å². The van der Waals surface area contributed by atoms with Crippen molar-refractivity contribution in [3.63, 3.8) is 0 Å². The van der Waals surface area contributed by atoms with E-state index in [-0.39, 0.29) is 11.8 Å². The Labute approximate surface area is 175 Å². The highest BCUT2D eigenvalue weighted by Crippen LogP contribution is 2.24. The molecule has 8 heteroatoms. The number of aryl methyl sites for hydroxylation is 1. The molecule has 1 heterocycles. The molecular weight excluding hydrogens is 441 g/mol. The number of anilines is 1. The first-order valence-electron chi connectivity index (χ1n) is 8.97. The Balaban J connectivity index is 1.79. The summed E-state index contributed by atoms with van der Waals surface area (Å²) in [5, 5.41) is 6.97. The number of nitrogens with one attached hydrogen (secondary N) is 1. The molecule has 6 nitrogen and oxygen atoms in total. The Morgan fingerprint density at radius 2 is 1.93 bits per heavy atom. The molecule has 1 N–H and O–H groups in total. The van der Waals surface area contributed by atoms with Gasteiger partial charge in [-0.25, -0.2) is 4.39 Å². The predicted octanol–water partition coefficient (Wildman–Crippen LogP) is 4.24. The third kappa shape index (κ3) is 5.08. The Kier molecular flexibility index (Phi) is 6.43. The molecule has 0 aliphatic rings. The third-order valence-corrected chi connectivity index (χ3v) is 4.81. The number of nitrogens with zero attached hydrogens (tertiary/aromatic N) is 2. The highest BCUT2D eigenvalue weighted by atomic mass is 79.9. The van der Waals surface area contributed by atoms with Gasteiger partial charge in [-0.15, -0.1) is 5.10 Å². The van der Waals surface area contributed by atoms with Gasteiger partial charge in [0.2, 0.25) is 5.88 Å². The second-order valence-corrected chi connectivity index (χ2v) is 7.24. The van der Waals surface area contributed by atoms with Crippen LogP contribution in [0.1, 0.15) is 18.9 Å². The van der Waals surface area contributed by atoms with E-state index in [9.17, 15) is 14.0 Å². The van der Waals surface area contributed by atoms with Crippen molar-refractivity contribution in [1.29, 1.82) is 0 Å². The minimum Gasteiger partial charge on any atom is -0.463 e. The van der Waals surface area contributed by atoms with Gasteiger partial charge in [0, 0.05) is 16.6 Å². The molecule has 0 aliphatic heterocycles. The van der Waals surface area contributed by atoms with Crippen molar-refractivity contribution in [2.75, 3.05) is 5.32 Å². The summed E-state index contributed by atoms with van der Waals surface area (Å²) in [7, 11) is 0. The fourth-order valence-corrected chi connectivity index (χ4v) is 3.22. The van der Waals surface area contributed by atoms with Crippen LogP contribution in [0.5, 0.6) is 5.88 Å². The fourth-order valence-electron chi connectivity index (χ4n) is 2.63. The lowest BCUT2D eigenvalue weighted by atomic mass is 10.2. The lowest BCUT2D eigenvalue weighted by molar-refractivity contribution is -0.123. The van der Waals surface area contributed by atoms with Crippen LogP contribution in [-0.4, -0.2) is 21.8 Å². The first kappa shape index (κ1) is 20.7. The van der Waals surface area contributed by atoms with Crippen molar-refractivity contribution in [3.8, 4) is 11.6 Å². The zero-order valence-electron chi connectivity index (χ0n) is 15.9. The number of amides is 1. The molecule has 3 rings (SSSR count). The van der Waals surface area contributed by atoms with Gasteiger partial charge in [-0.2, -0.15) is 4.68 Å². The summed E-state index contributed by atoms with van der Waals surface area (Å²) < 4.78 is 20.7. The average Bonchev–Trinajstić information content (AvgIpc) is 2.70. The van der Waals surface area contributed by atoms with Crippen LogP contribution in [0.25, 0.3) is 5.69 Å². The van der Waals surface area contributed by atoms with E-state index in [1.807, 2.05) is 26.0 Å². The van der Waals surface area contributed by atoms with E-state index in [1.54, 1.807) is 6.07 Å². The zero-order valence-corrected chi connectivity index (χ0v) is 17.4. The van der Waals surface area contributed by atoms with Crippen molar-refractivity contribution >= 4 is 27.5 Å². The minimum absolute atomic E-state index is 0.110. The van der Waals surface area contributed by atoms with Gasteiger partial charge in [-0.1, -0.05) is 13.0 Å². The molecule has 3 aromatic rings. The van der Waals surface area contributed by atoms with Gasteiger partial charge < -0.3 is 10.1 Å². The summed E-state index contributed by atoms with van der Waals surface area (Å²) >= 11 is 3.43. The molecule has 0 fully saturated rings. The molecule has 0 unspecified atom stereocenters. The van der Waals surface area contributed by atoms with Crippen LogP contribution in [0, 0.1) is 12.7 Å². The maximum atomic E-state index is 13.1. The van der Waals surface area contributed by atoms with Gasteiger partial charge in [0.05, 0.1) is 11.4 Å². The van der Waals surface area contributed by atoms with Crippen molar-refractivity contribution in [2.24, 2.45) is 0 Å². The summed E-state index contributed by atoms with van der Waals surface area (Å²) in [4.78, 5) is 24.8. The van der Waals surface area contributed by atoms with Gasteiger partial charge >= 0.3 is 0 Å². The van der Waals surface area contributed by atoms with Crippen LogP contribution in [0.4, 0.5) is 10.1 Å². The second kappa shape index (κ2) is 9.00. The Morgan fingerprint density at radius 1 is 1.21 bits per heavy atom. The quantitative estimate of drug-likeness (QED) is 0.598. The van der Waals surface area contributed by atoms with E-state index >= 15 is 0 Å². The molecule has 0 saturated heterocycles. The van der Waals surface area contributed by atoms with Gasteiger partial charge in [-0.3, -0.25) is 9.59 Å². The van der Waals surface area contributed by atoms with Crippen molar-refractivity contribution in [3.05, 3.63) is 80.8 Å². The van der Waals surface area contributed by atoms with Gasteiger partial charge in [0.15, 0.2) is 6.10 Å². The zero-order chi connectivity index (χ0) is 21.0. The number of ether oxygens (including phenoxy) is 1. The number of benzene rings is 2. The maximum Gasteiger partial charge on any atom is 0.271 e. The van der Waals surface area contributed by atoms with Crippen LogP contribution in [0.3, 0.4) is 0 Å². The number of hydrogen-bond donors (Lipinski definition) is 1. The second-order valence-electron chi connectivity index (χ2n) is 6.39. The first-order valence-corrected chi connectivity index (χ1v) is 9.76. The Bertz CT molecular complexity index is 1080. The smallest absolute Gasteiger partial charge is 0.271 e. The molecule has 0 aliphatic carbocycles. The van der Waals surface area contributed by atoms with Crippen LogP contribution >= 0.6 is 15.9 Å². The highest BCUT2D eigenvalue weighted by molar-refractivity contribution is 9.10. The number of hydrogen-bond acceptors (Lipinski definition) is 4. The Hall–Kier alpha value is -3.00. The van der Waals surface area contributed by atoms with Gasteiger partial charge in [0.1, 0.15) is 5.82 Å². The maximum absolute atomic E-state index is 13.1. The molecular formula is C21H19BrFN3O3. The summed E-state index contributed by atoms with van der Waals surface area (Å²) in [5.74, 6) is -0.642. The van der Waals surface area contributed by atoms with Crippen molar-refractivity contribution < 1.29 is 13.9 Å². The summed E-state index contributed by atoms with van der Waals surface area (Å²) in [5.41, 5.74) is 1.69. The van der Waals surface area contributed by atoms with Gasteiger partial charge in [0.25, 0.3) is 11.5 Å². The average molecular weight is 460 g/mol. The van der Waals surface area contributed by atoms with E-state index in [2.05, 4.69) is 26.3 Å². The highest BCUT2D eigenvalue weighted by Gasteiger charge is 2.20. The molecule has 0 bridgehead atoms. The monoisotopic (exact) mass is 459 g/mol. The molecule has 150 valence electrons. The Morgan fingerprint density at radius 3 is 2.59 bits per heavy atom. The predicted molar refractivity (Wildman–Crippen MR) is 112 cm³/mol. The number of aromatic nitrogens is 2. The number of rotatable bonds is 6. The van der Waals surface area contributed by atoms with E-state index in [0.29, 0.717) is 17.8 Å². The minimum atomic E-state index is -0.810. The fraction of sp³-hybridized carbons (Fsp3) is 0.190. The number of carbonyl (C=O) groups is 1. The number of halogens is 2. The van der Waals surface area contributed by atoms with Crippen LogP contribution in [-0.2, 0) is 4.79 Å². The van der Waals surface area contributed by atoms with Crippen LogP contribution in [0.15, 0.2) is 63.9 Å². The van der Waals surface area contributed by atoms with E-state index in [4.69, 9.17) is 4.74 Å². The molecule has 2 aromatic carbocycles. The molecule has 0 saturated carbocycles. The van der Waals surface area contributed by atoms with Gasteiger partial charge in [-0.05, 0) is 71.2 Å². The summed E-state index contributed by atoms with van der Waals surface area (Å²) in [6.45, 7) is 3.76. The normalized spacial score (nSPS) is 11.7. The van der Waals surface area contributed by atoms with Crippen molar-refractivity contribution in [2.45, 2.75) is 26.4 Å². The summed E-state index contributed by atoms with van der Waals surface area (Å²) in [6, 6.07) is 13.6. The lowest BCUT2D eigenvalue weighted by Crippen LogP contribution is -2.33. The topological polar surface area (TPSA) is 73.2 Å². The molecule has 1 aromatic heterocycles. The molecule has 1 amide bonds. The van der Waals surface area contributed by atoms with E-state index in [1.165, 1.54) is 36.4 Å². The first-order chi connectivity index (χ1) is 13.9. The largest absolute Gasteiger partial charge is 0.463 e. The van der Waals surface area contributed by atoms with Crippen LogP contribution in [0.2, 0.25) is 0 Å². The van der Waals surface area contributed by atoms with E-state index < -0.39 is 17.5 Å². The lowest BCUT2D eigenvalue weighted by Gasteiger charge is -2.18. The summed E-state index contributed by atoms with van der Waals surface area (Å²) in [6.07, 6.45) is -0.415. The van der Waals surface area contributed by atoms with Crippen molar-refractivity contribution in [1.82, 2.24) is 9.78 Å². The standard InChI is InChI=1S/C21H19BrFN3O3/c1-3-18(21(28)24-17-9-4-13(2)12-16(17)22)29-19-10-11-20(27)26(25-19)15-7-5-14(23)6-8-15/h4-12,18H,3H2,1-2H3,(H,24,28)/t18-/m1/s1. The SMILES string of the molecule is CC[C@@H](Oc1ccc(=O)n(-c2ccc(F)cc2)n1)C(=O)Nc1ccc(C)cc1Br.